The smallest absolute Gasteiger partial charge is 0.0475 e. The van der Waals surface area contributed by atoms with Gasteiger partial charge in [-0.15, -0.1) is 0 Å². The van der Waals surface area contributed by atoms with E-state index in [2.05, 4.69) is 12.2 Å². The molecular weight excluding hydrogens is 114 g/mol. The van der Waals surface area contributed by atoms with Gasteiger partial charge in [-0.05, 0) is 12.8 Å². The summed E-state index contributed by atoms with van der Waals surface area (Å²) in [5, 5.41) is 4.25. The first-order chi connectivity index (χ1) is 4.41. The van der Waals surface area contributed by atoms with Crippen molar-refractivity contribution in [2.45, 2.75) is 19.8 Å². The zero-order chi connectivity index (χ0) is 6.95. The van der Waals surface area contributed by atoms with E-state index in [1.54, 1.807) is 7.11 Å². The predicted molar refractivity (Wildman–Crippen MR) is 38.7 cm³/mol. The Bertz CT molecular complexity index is 42.2. The van der Waals surface area contributed by atoms with Gasteiger partial charge in [0.05, 0.1) is 0 Å². The van der Waals surface area contributed by atoms with Crippen LogP contribution in [0, 0.1) is 0 Å². The van der Waals surface area contributed by atoms with Crippen molar-refractivity contribution >= 4 is 0 Å². The monoisotopic (exact) mass is 130 g/mol. The van der Waals surface area contributed by atoms with Crippen LogP contribution in [0.3, 0.4) is 0 Å². The molecule has 0 aromatic rings. The Labute approximate surface area is 57.6 Å². The van der Waals surface area contributed by atoms with Gasteiger partial charge < -0.3 is 4.74 Å². The summed E-state index contributed by atoms with van der Waals surface area (Å²) < 4.78 is 4.86. The lowest BCUT2D eigenvalue weighted by Crippen LogP contribution is -2.09. The molecule has 0 heterocycles. The second kappa shape index (κ2) is 7.92. The van der Waals surface area contributed by atoms with Gasteiger partial charge in [-0.3, -0.25) is 0 Å². The molecule has 0 spiro atoms. The van der Waals surface area contributed by atoms with Gasteiger partial charge in [-0.1, -0.05) is 6.92 Å². The normalized spacial score (nSPS) is 10.0. The fourth-order valence-corrected chi connectivity index (χ4v) is 0.591. The third kappa shape index (κ3) is 7.92. The average molecular weight is 130 g/mol. The molecule has 0 aromatic heterocycles. The van der Waals surface area contributed by atoms with Gasteiger partial charge in [0.25, 0.3) is 0 Å². The summed E-state index contributed by atoms with van der Waals surface area (Å²) in [6, 6.07) is 0. The number of hydrogen-bond donors (Lipinski definition) is 0. The standard InChI is InChI=1S/C7H16NO/c1-3-5-8-6-4-7-9-2/h3-7H2,1-2H3. The molecule has 0 N–H and O–H groups in total. The van der Waals surface area contributed by atoms with E-state index in [9.17, 15) is 0 Å². The SMILES string of the molecule is CCC[N]CCCOC. The Balaban J connectivity index is 2.60. The van der Waals surface area contributed by atoms with Crippen molar-refractivity contribution in [3.05, 3.63) is 0 Å². The van der Waals surface area contributed by atoms with E-state index in [0.29, 0.717) is 0 Å². The molecular formula is C7H16NO. The van der Waals surface area contributed by atoms with E-state index < -0.39 is 0 Å². The highest BCUT2D eigenvalue weighted by Crippen LogP contribution is 1.79. The molecule has 0 saturated carbocycles. The van der Waals surface area contributed by atoms with Gasteiger partial charge >= 0.3 is 0 Å². The van der Waals surface area contributed by atoms with Gasteiger partial charge in [0.1, 0.15) is 0 Å². The molecule has 2 nitrogen and oxygen atoms in total. The first-order valence-corrected chi connectivity index (χ1v) is 3.54. The lowest BCUT2D eigenvalue weighted by molar-refractivity contribution is 0.194. The minimum Gasteiger partial charge on any atom is -0.385 e. The lowest BCUT2D eigenvalue weighted by Gasteiger charge is -1.98. The maximum absolute atomic E-state index is 4.86. The van der Waals surface area contributed by atoms with E-state index in [-0.39, 0.29) is 0 Å². The molecule has 0 aliphatic heterocycles. The highest BCUT2D eigenvalue weighted by Gasteiger charge is 1.85. The van der Waals surface area contributed by atoms with E-state index in [4.69, 9.17) is 4.74 Å². The van der Waals surface area contributed by atoms with Crippen LogP contribution in [0.25, 0.3) is 0 Å². The van der Waals surface area contributed by atoms with Crippen LogP contribution in [0.5, 0.6) is 0 Å². The second-order valence-electron chi connectivity index (χ2n) is 2.02. The van der Waals surface area contributed by atoms with Crippen LogP contribution >= 0.6 is 0 Å². The minimum absolute atomic E-state index is 0.840. The van der Waals surface area contributed by atoms with Crippen LogP contribution in [0.2, 0.25) is 0 Å². The molecule has 0 unspecified atom stereocenters. The van der Waals surface area contributed by atoms with Gasteiger partial charge in [-0.2, -0.15) is 0 Å². The van der Waals surface area contributed by atoms with Crippen molar-refractivity contribution in [3.63, 3.8) is 0 Å². The number of hydrogen-bond acceptors (Lipinski definition) is 1. The van der Waals surface area contributed by atoms with Crippen molar-refractivity contribution in [1.82, 2.24) is 5.32 Å². The minimum atomic E-state index is 0.840. The summed E-state index contributed by atoms with van der Waals surface area (Å²) in [4.78, 5) is 0. The highest BCUT2D eigenvalue weighted by molar-refractivity contribution is 4.43. The van der Waals surface area contributed by atoms with Crippen molar-refractivity contribution < 1.29 is 4.74 Å². The Kier molecular flexibility index (Phi) is 7.85. The second-order valence-corrected chi connectivity index (χ2v) is 2.02. The van der Waals surface area contributed by atoms with E-state index in [1.165, 1.54) is 0 Å². The molecule has 9 heavy (non-hydrogen) atoms. The highest BCUT2D eigenvalue weighted by atomic mass is 16.5. The molecule has 0 rings (SSSR count). The Morgan fingerprint density at radius 2 is 2.11 bits per heavy atom. The van der Waals surface area contributed by atoms with Gasteiger partial charge in [0.15, 0.2) is 0 Å². The Hall–Kier alpha value is -0.0800. The molecule has 0 amide bonds. The zero-order valence-corrected chi connectivity index (χ0v) is 6.39. The first-order valence-electron chi connectivity index (χ1n) is 3.54. The van der Waals surface area contributed by atoms with Crippen LogP contribution in [0.15, 0.2) is 0 Å². The quantitative estimate of drug-likeness (QED) is 0.493. The van der Waals surface area contributed by atoms with Gasteiger partial charge in [0, 0.05) is 26.8 Å². The first kappa shape index (κ1) is 8.92. The molecule has 0 aliphatic carbocycles. The van der Waals surface area contributed by atoms with Crippen molar-refractivity contribution in [2.24, 2.45) is 0 Å². The molecule has 0 atom stereocenters. The van der Waals surface area contributed by atoms with Crippen LogP contribution in [0.1, 0.15) is 19.8 Å². The summed E-state index contributed by atoms with van der Waals surface area (Å²) >= 11 is 0. The van der Waals surface area contributed by atoms with Crippen molar-refractivity contribution in [3.8, 4) is 0 Å². The zero-order valence-electron chi connectivity index (χ0n) is 6.39. The molecule has 0 aromatic carbocycles. The van der Waals surface area contributed by atoms with Crippen molar-refractivity contribution in [1.29, 1.82) is 0 Å². The molecule has 0 bridgehead atoms. The predicted octanol–water partition coefficient (Wildman–Crippen LogP) is 1.04. The maximum Gasteiger partial charge on any atom is 0.0475 e. The fourth-order valence-electron chi connectivity index (χ4n) is 0.591. The molecule has 2 heteroatoms. The summed E-state index contributed by atoms with van der Waals surface area (Å²) in [7, 11) is 1.72. The van der Waals surface area contributed by atoms with E-state index in [0.717, 1.165) is 32.5 Å². The maximum atomic E-state index is 4.86. The lowest BCUT2D eigenvalue weighted by atomic mass is 10.4. The van der Waals surface area contributed by atoms with Gasteiger partial charge in [-0.25, -0.2) is 5.32 Å². The molecule has 1 radical (unpaired) electrons. The molecule has 0 saturated heterocycles. The Morgan fingerprint density at radius 3 is 2.67 bits per heavy atom. The van der Waals surface area contributed by atoms with Crippen LogP contribution in [0.4, 0.5) is 0 Å². The van der Waals surface area contributed by atoms with Crippen LogP contribution < -0.4 is 5.32 Å². The largest absolute Gasteiger partial charge is 0.385 e. The van der Waals surface area contributed by atoms with E-state index >= 15 is 0 Å². The Morgan fingerprint density at radius 1 is 1.33 bits per heavy atom. The number of nitrogens with zero attached hydrogens (tertiary/aromatic N) is 1. The topological polar surface area (TPSA) is 23.3 Å². The number of methoxy groups -OCH3 is 1. The summed E-state index contributed by atoms with van der Waals surface area (Å²) in [5.41, 5.74) is 0. The summed E-state index contributed by atoms with van der Waals surface area (Å²) in [6.45, 7) is 4.94. The fraction of sp³-hybridized carbons (Fsp3) is 1.00. The van der Waals surface area contributed by atoms with Crippen LogP contribution in [-0.4, -0.2) is 26.8 Å². The van der Waals surface area contributed by atoms with E-state index in [1.807, 2.05) is 0 Å². The summed E-state index contributed by atoms with van der Waals surface area (Å²) in [6.07, 6.45) is 2.23. The average Bonchev–Trinajstić information content (AvgIpc) is 1.89. The van der Waals surface area contributed by atoms with Crippen LogP contribution in [-0.2, 0) is 4.74 Å². The summed E-state index contributed by atoms with van der Waals surface area (Å²) in [5.74, 6) is 0. The third-order valence-corrected chi connectivity index (χ3v) is 1.05. The van der Waals surface area contributed by atoms with Crippen molar-refractivity contribution in [2.75, 3.05) is 26.8 Å². The third-order valence-electron chi connectivity index (χ3n) is 1.05. The molecule has 55 valence electrons. The molecule has 0 fully saturated rings. The van der Waals surface area contributed by atoms with Gasteiger partial charge in [0.2, 0.25) is 0 Å². The molecule has 0 aliphatic rings. The number of rotatable bonds is 6. The number of ether oxygens (including phenoxy) is 1.